The lowest BCUT2D eigenvalue weighted by Crippen LogP contribution is -2.36. The summed E-state index contributed by atoms with van der Waals surface area (Å²) >= 11 is 0. The minimum absolute atomic E-state index is 0.285. The van der Waals surface area contributed by atoms with Gasteiger partial charge in [0.1, 0.15) is 17.3 Å². The van der Waals surface area contributed by atoms with E-state index in [9.17, 15) is 4.79 Å². The highest BCUT2D eigenvalue weighted by atomic mass is 16.5. The number of hydrogen-bond acceptors (Lipinski definition) is 5. The molecule has 0 fully saturated rings. The Morgan fingerprint density at radius 2 is 2.15 bits per heavy atom. The average molecular weight is 274 g/mol. The van der Waals surface area contributed by atoms with Crippen molar-refractivity contribution >= 4 is 16.9 Å². The van der Waals surface area contributed by atoms with E-state index in [0.29, 0.717) is 13.0 Å². The second-order valence-electron chi connectivity index (χ2n) is 4.33. The standard InChI is InChI=1S/C15H18N2O3/c1-16-12(15(18)19-2)8-10-20-13-7-3-5-11-6-4-9-17-14(11)13/h3-7,9,12,16H,8,10H2,1-2H3. The number of para-hydroxylation sites is 1. The number of benzene rings is 1. The van der Waals surface area contributed by atoms with Crippen molar-refractivity contribution in [2.75, 3.05) is 20.8 Å². The van der Waals surface area contributed by atoms with Crippen LogP contribution in [0.2, 0.25) is 0 Å². The van der Waals surface area contributed by atoms with Crippen LogP contribution in [-0.2, 0) is 9.53 Å². The zero-order chi connectivity index (χ0) is 14.4. The van der Waals surface area contributed by atoms with E-state index in [0.717, 1.165) is 16.7 Å². The fourth-order valence-corrected chi connectivity index (χ4v) is 2.00. The molecule has 0 bridgehead atoms. The molecule has 1 atom stereocenters. The molecule has 0 spiro atoms. The Morgan fingerprint density at radius 3 is 2.90 bits per heavy atom. The number of nitrogens with zero attached hydrogens (tertiary/aromatic N) is 1. The van der Waals surface area contributed by atoms with Crippen LogP contribution in [0.3, 0.4) is 0 Å². The van der Waals surface area contributed by atoms with Gasteiger partial charge in [0, 0.05) is 18.0 Å². The van der Waals surface area contributed by atoms with Crippen molar-refractivity contribution in [3.05, 3.63) is 36.5 Å². The number of methoxy groups -OCH3 is 1. The molecule has 0 saturated carbocycles. The highest BCUT2D eigenvalue weighted by molar-refractivity contribution is 5.84. The first-order chi connectivity index (χ1) is 9.76. The third kappa shape index (κ3) is 3.24. The fraction of sp³-hybridized carbons (Fsp3) is 0.333. The monoisotopic (exact) mass is 274 g/mol. The summed E-state index contributed by atoms with van der Waals surface area (Å²) in [6.45, 7) is 0.413. The van der Waals surface area contributed by atoms with E-state index in [2.05, 4.69) is 10.3 Å². The molecule has 0 radical (unpaired) electrons. The van der Waals surface area contributed by atoms with Gasteiger partial charge >= 0.3 is 5.97 Å². The lowest BCUT2D eigenvalue weighted by atomic mass is 10.2. The molecule has 5 nitrogen and oxygen atoms in total. The first-order valence-corrected chi connectivity index (χ1v) is 6.48. The molecule has 1 aromatic carbocycles. The van der Waals surface area contributed by atoms with Crippen molar-refractivity contribution in [3.63, 3.8) is 0 Å². The van der Waals surface area contributed by atoms with Gasteiger partial charge in [-0.05, 0) is 19.2 Å². The summed E-state index contributed by atoms with van der Waals surface area (Å²) in [6.07, 6.45) is 2.27. The van der Waals surface area contributed by atoms with Crippen molar-refractivity contribution in [1.29, 1.82) is 0 Å². The third-order valence-electron chi connectivity index (χ3n) is 3.09. The van der Waals surface area contributed by atoms with Gasteiger partial charge in [0.2, 0.25) is 0 Å². The van der Waals surface area contributed by atoms with Crippen LogP contribution in [0.4, 0.5) is 0 Å². The molecule has 0 aliphatic heterocycles. The highest BCUT2D eigenvalue weighted by Gasteiger charge is 2.16. The molecule has 1 aromatic heterocycles. The van der Waals surface area contributed by atoms with Crippen molar-refractivity contribution < 1.29 is 14.3 Å². The molecule has 20 heavy (non-hydrogen) atoms. The number of carbonyl (C=O) groups is 1. The predicted octanol–water partition coefficient (Wildman–Crippen LogP) is 1.76. The SMILES string of the molecule is CNC(CCOc1cccc2cccnc12)C(=O)OC. The van der Waals surface area contributed by atoms with Gasteiger partial charge in [-0.3, -0.25) is 9.78 Å². The Hall–Kier alpha value is -2.14. The highest BCUT2D eigenvalue weighted by Crippen LogP contribution is 2.23. The number of hydrogen-bond donors (Lipinski definition) is 1. The van der Waals surface area contributed by atoms with Gasteiger partial charge in [0.05, 0.1) is 13.7 Å². The van der Waals surface area contributed by atoms with Crippen LogP contribution >= 0.6 is 0 Å². The van der Waals surface area contributed by atoms with Crippen LogP contribution in [0.5, 0.6) is 5.75 Å². The molecule has 5 heteroatoms. The molecular weight excluding hydrogens is 256 g/mol. The van der Waals surface area contributed by atoms with Crippen molar-refractivity contribution in [1.82, 2.24) is 10.3 Å². The molecule has 0 aliphatic rings. The zero-order valence-electron chi connectivity index (χ0n) is 11.6. The van der Waals surface area contributed by atoms with E-state index in [1.807, 2.05) is 30.3 Å². The smallest absolute Gasteiger partial charge is 0.322 e. The van der Waals surface area contributed by atoms with Crippen LogP contribution in [0.15, 0.2) is 36.5 Å². The van der Waals surface area contributed by atoms with Gasteiger partial charge in [-0.25, -0.2) is 0 Å². The lowest BCUT2D eigenvalue weighted by Gasteiger charge is -2.14. The number of aromatic nitrogens is 1. The van der Waals surface area contributed by atoms with Crippen LogP contribution in [0.1, 0.15) is 6.42 Å². The number of carbonyl (C=O) groups excluding carboxylic acids is 1. The first-order valence-electron chi connectivity index (χ1n) is 6.48. The molecule has 106 valence electrons. The quantitative estimate of drug-likeness (QED) is 0.813. The summed E-state index contributed by atoms with van der Waals surface area (Å²) in [5, 5.41) is 3.94. The lowest BCUT2D eigenvalue weighted by molar-refractivity contribution is -0.143. The summed E-state index contributed by atoms with van der Waals surface area (Å²) < 4.78 is 10.4. The van der Waals surface area contributed by atoms with Crippen LogP contribution in [0, 0.1) is 0 Å². The van der Waals surface area contributed by atoms with Gasteiger partial charge in [-0.2, -0.15) is 0 Å². The molecule has 0 aliphatic carbocycles. The summed E-state index contributed by atoms with van der Waals surface area (Å²) in [5.41, 5.74) is 0.828. The first kappa shape index (κ1) is 14.3. The zero-order valence-corrected chi connectivity index (χ0v) is 11.6. The van der Waals surface area contributed by atoms with E-state index < -0.39 is 0 Å². The summed E-state index contributed by atoms with van der Waals surface area (Å²) in [4.78, 5) is 15.8. The fourth-order valence-electron chi connectivity index (χ4n) is 2.00. The molecular formula is C15H18N2O3. The number of rotatable bonds is 6. The largest absolute Gasteiger partial charge is 0.491 e. The van der Waals surface area contributed by atoms with Crippen LogP contribution < -0.4 is 10.1 Å². The molecule has 1 N–H and O–H groups in total. The van der Waals surface area contributed by atoms with Gasteiger partial charge < -0.3 is 14.8 Å². The number of esters is 1. The Balaban J connectivity index is 2.01. The van der Waals surface area contributed by atoms with Gasteiger partial charge in [-0.15, -0.1) is 0 Å². The van der Waals surface area contributed by atoms with Crippen molar-refractivity contribution in [3.8, 4) is 5.75 Å². The maximum atomic E-state index is 11.4. The van der Waals surface area contributed by atoms with Gasteiger partial charge in [0.15, 0.2) is 0 Å². The summed E-state index contributed by atoms with van der Waals surface area (Å²) in [6, 6.07) is 9.31. The van der Waals surface area contributed by atoms with Crippen LogP contribution in [-0.4, -0.2) is 37.8 Å². The molecule has 2 rings (SSSR count). The topological polar surface area (TPSA) is 60.5 Å². The Bertz CT molecular complexity index is 581. The maximum absolute atomic E-state index is 11.4. The van der Waals surface area contributed by atoms with Crippen molar-refractivity contribution in [2.45, 2.75) is 12.5 Å². The number of nitrogens with one attached hydrogen (secondary N) is 1. The minimum atomic E-state index is -0.358. The number of fused-ring (bicyclic) bond motifs is 1. The Morgan fingerprint density at radius 1 is 1.35 bits per heavy atom. The summed E-state index contributed by atoms with van der Waals surface area (Å²) in [5.74, 6) is 0.440. The van der Waals surface area contributed by atoms with E-state index >= 15 is 0 Å². The van der Waals surface area contributed by atoms with E-state index in [4.69, 9.17) is 9.47 Å². The molecule has 1 heterocycles. The maximum Gasteiger partial charge on any atom is 0.322 e. The Labute approximate surface area is 117 Å². The van der Waals surface area contributed by atoms with E-state index in [-0.39, 0.29) is 12.0 Å². The molecule has 2 aromatic rings. The number of likely N-dealkylation sites (N-methyl/N-ethyl adjacent to an activating group) is 1. The van der Waals surface area contributed by atoms with Gasteiger partial charge in [-0.1, -0.05) is 18.2 Å². The predicted molar refractivity (Wildman–Crippen MR) is 76.7 cm³/mol. The molecule has 0 amide bonds. The average Bonchev–Trinajstić information content (AvgIpc) is 2.51. The second-order valence-corrected chi connectivity index (χ2v) is 4.33. The second kappa shape index (κ2) is 6.86. The van der Waals surface area contributed by atoms with Crippen molar-refractivity contribution in [2.24, 2.45) is 0 Å². The third-order valence-corrected chi connectivity index (χ3v) is 3.09. The number of pyridine rings is 1. The minimum Gasteiger partial charge on any atom is -0.491 e. The Kier molecular flexibility index (Phi) is 4.90. The van der Waals surface area contributed by atoms with Crippen LogP contribution in [0.25, 0.3) is 10.9 Å². The number of ether oxygens (including phenoxy) is 2. The van der Waals surface area contributed by atoms with E-state index in [1.54, 1.807) is 13.2 Å². The molecule has 0 saturated heterocycles. The summed E-state index contributed by atoms with van der Waals surface area (Å²) in [7, 11) is 3.10. The van der Waals surface area contributed by atoms with E-state index in [1.165, 1.54) is 7.11 Å². The normalized spacial score (nSPS) is 12.1. The molecule has 1 unspecified atom stereocenters. The van der Waals surface area contributed by atoms with Gasteiger partial charge in [0.25, 0.3) is 0 Å².